The number of methoxy groups -OCH3 is 4. The smallest absolute Gasteiger partial charge is 0.210 e. The van der Waals surface area contributed by atoms with Crippen LogP contribution in [-0.2, 0) is 17.6 Å². The fraction of sp³-hybridized carbons (Fsp3) is 0.381. The van der Waals surface area contributed by atoms with E-state index in [1.54, 1.807) is 28.4 Å². The van der Waals surface area contributed by atoms with E-state index in [0.717, 1.165) is 24.0 Å². The highest BCUT2D eigenvalue weighted by Gasteiger charge is 2.28. The van der Waals surface area contributed by atoms with E-state index in [0.29, 0.717) is 36.0 Å². The van der Waals surface area contributed by atoms with Gasteiger partial charge < -0.3 is 23.8 Å². The lowest BCUT2D eigenvalue weighted by molar-refractivity contribution is -0.120. The number of fused-ring (bicyclic) bond motifs is 1. The molecule has 0 N–H and O–H groups in total. The number of carbonyl (C=O) groups is 1. The summed E-state index contributed by atoms with van der Waals surface area (Å²) in [6.07, 6.45) is 2.38. The van der Waals surface area contributed by atoms with Gasteiger partial charge in [-0.25, -0.2) is 0 Å². The molecule has 0 saturated carbocycles. The molecule has 0 aliphatic carbocycles. The molecule has 27 heavy (non-hydrogen) atoms. The van der Waals surface area contributed by atoms with E-state index in [2.05, 4.69) is 0 Å². The molecule has 1 amide bonds. The molecule has 0 radical (unpaired) electrons. The van der Waals surface area contributed by atoms with Gasteiger partial charge in [0.1, 0.15) is 0 Å². The van der Waals surface area contributed by atoms with E-state index in [4.69, 9.17) is 18.9 Å². The van der Waals surface area contributed by atoms with Crippen molar-refractivity contribution in [3.8, 4) is 23.0 Å². The molecule has 0 spiro atoms. The van der Waals surface area contributed by atoms with Gasteiger partial charge in [0.2, 0.25) is 6.41 Å². The maximum atomic E-state index is 11.7. The van der Waals surface area contributed by atoms with E-state index in [9.17, 15) is 4.79 Å². The summed E-state index contributed by atoms with van der Waals surface area (Å²) in [4.78, 5) is 13.5. The van der Waals surface area contributed by atoms with Crippen LogP contribution in [-0.4, -0.2) is 46.3 Å². The lowest BCUT2D eigenvalue weighted by Crippen LogP contribution is -2.35. The number of hydrogen-bond acceptors (Lipinski definition) is 5. The predicted molar refractivity (Wildman–Crippen MR) is 102 cm³/mol. The van der Waals surface area contributed by atoms with Gasteiger partial charge in [-0.15, -0.1) is 0 Å². The highest BCUT2D eigenvalue weighted by molar-refractivity contribution is 5.55. The predicted octanol–water partition coefficient (Wildman–Crippen LogP) is 3.02. The van der Waals surface area contributed by atoms with Crippen LogP contribution in [0.3, 0.4) is 0 Å². The maximum absolute atomic E-state index is 11.7. The zero-order valence-electron chi connectivity index (χ0n) is 16.2. The van der Waals surface area contributed by atoms with Crippen LogP contribution in [0.1, 0.15) is 22.7 Å². The lowest BCUT2D eigenvalue weighted by atomic mass is 9.88. The second kappa shape index (κ2) is 8.20. The second-order valence-electron chi connectivity index (χ2n) is 6.41. The third-order valence-electron chi connectivity index (χ3n) is 5.06. The first-order chi connectivity index (χ1) is 13.1. The summed E-state index contributed by atoms with van der Waals surface area (Å²) in [5, 5.41) is 0. The summed E-state index contributed by atoms with van der Waals surface area (Å²) in [7, 11) is 6.48. The normalized spacial score (nSPS) is 15.7. The number of rotatable bonds is 7. The average Bonchev–Trinajstić information content (AvgIpc) is 2.72. The van der Waals surface area contributed by atoms with Crippen LogP contribution in [0.2, 0.25) is 0 Å². The number of hydrogen-bond donors (Lipinski definition) is 0. The Hall–Kier alpha value is -2.89. The summed E-state index contributed by atoms with van der Waals surface area (Å²) < 4.78 is 21.6. The molecule has 0 saturated heterocycles. The van der Waals surface area contributed by atoms with E-state index < -0.39 is 0 Å². The molecule has 2 aromatic rings. The molecule has 1 atom stereocenters. The van der Waals surface area contributed by atoms with Crippen molar-refractivity contribution < 1.29 is 23.7 Å². The van der Waals surface area contributed by atoms with Crippen molar-refractivity contribution in [2.45, 2.75) is 18.9 Å². The molecule has 6 nitrogen and oxygen atoms in total. The van der Waals surface area contributed by atoms with Crippen LogP contribution in [0.25, 0.3) is 0 Å². The van der Waals surface area contributed by atoms with Gasteiger partial charge in [-0.1, -0.05) is 6.07 Å². The molecule has 1 heterocycles. The third-order valence-corrected chi connectivity index (χ3v) is 5.06. The first-order valence-corrected chi connectivity index (χ1v) is 8.81. The summed E-state index contributed by atoms with van der Waals surface area (Å²) in [6.45, 7) is 0.671. The topological polar surface area (TPSA) is 57.2 Å². The summed E-state index contributed by atoms with van der Waals surface area (Å²) in [5.74, 6) is 2.74. The van der Waals surface area contributed by atoms with Crippen LogP contribution >= 0.6 is 0 Å². The van der Waals surface area contributed by atoms with Crippen molar-refractivity contribution in [3.05, 3.63) is 47.0 Å². The Labute approximate surface area is 159 Å². The van der Waals surface area contributed by atoms with Crippen molar-refractivity contribution >= 4 is 6.41 Å². The standard InChI is InChI=1S/C21H25NO5/c1-24-18-6-5-14(10-19(18)25-2)9-17-16-12-21(27-4)20(26-3)11-15(16)7-8-22(17)13-23/h5-6,10-13,17H,7-9H2,1-4H3/t17-/m0/s1. The first kappa shape index (κ1) is 18.9. The number of nitrogens with zero attached hydrogens (tertiary/aromatic N) is 1. The Kier molecular flexibility index (Phi) is 5.74. The Balaban J connectivity index is 2.00. The van der Waals surface area contributed by atoms with Crippen molar-refractivity contribution in [1.29, 1.82) is 0 Å². The summed E-state index contributed by atoms with van der Waals surface area (Å²) >= 11 is 0. The van der Waals surface area contributed by atoms with Crippen molar-refractivity contribution in [3.63, 3.8) is 0 Å². The molecule has 0 unspecified atom stereocenters. The first-order valence-electron chi connectivity index (χ1n) is 8.81. The second-order valence-corrected chi connectivity index (χ2v) is 6.41. The van der Waals surface area contributed by atoms with Crippen LogP contribution in [0.4, 0.5) is 0 Å². The van der Waals surface area contributed by atoms with Gasteiger partial charge in [-0.2, -0.15) is 0 Å². The summed E-state index contributed by atoms with van der Waals surface area (Å²) in [5.41, 5.74) is 3.32. The Morgan fingerprint density at radius 3 is 2.19 bits per heavy atom. The molecule has 0 fully saturated rings. The molecule has 3 rings (SSSR count). The number of ether oxygens (including phenoxy) is 4. The minimum Gasteiger partial charge on any atom is -0.493 e. The van der Waals surface area contributed by atoms with Crippen LogP contribution in [0.5, 0.6) is 23.0 Å². The van der Waals surface area contributed by atoms with Gasteiger partial charge in [0.05, 0.1) is 34.5 Å². The number of benzene rings is 2. The van der Waals surface area contributed by atoms with Crippen molar-refractivity contribution in [2.24, 2.45) is 0 Å². The van der Waals surface area contributed by atoms with Gasteiger partial charge in [0.25, 0.3) is 0 Å². The molecule has 2 aromatic carbocycles. The van der Waals surface area contributed by atoms with E-state index in [1.165, 1.54) is 5.56 Å². The highest BCUT2D eigenvalue weighted by atomic mass is 16.5. The SMILES string of the molecule is COc1ccc(C[C@H]2c3cc(OC)c(OC)cc3CCN2C=O)cc1OC. The molecule has 1 aliphatic heterocycles. The largest absolute Gasteiger partial charge is 0.493 e. The van der Waals surface area contributed by atoms with E-state index >= 15 is 0 Å². The zero-order chi connectivity index (χ0) is 19.4. The van der Waals surface area contributed by atoms with E-state index in [1.807, 2.05) is 35.2 Å². The lowest BCUT2D eigenvalue weighted by Gasteiger charge is -2.35. The van der Waals surface area contributed by atoms with Crippen LogP contribution in [0, 0.1) is 0 Å². The number of amides is 1. The molecular weight excluding hydrogens is 346 g/mol. The highest BCUT2D eigenvalue weighted by Crippen LogP contribution is 2.39. The van der Waals surface area contributed by atoms with Gasteiger partial charge in [0, 0.05) is 6.54 Å². The van der Waals surface area contributed by atoms with Gasteiger partial charge in [-0.05, 0) is 53.8 Å². The Bertz CT molecular complexity index is 820. The maximum Gasteiger partial charge on any atom is 0.210 e. The van der Waals surface area contributed by atoms with Gasteiger partial charge >= 0.3 is 0 Å². The summed E-state index contributed by atoms with van der Waals surface area (Å²) in [6, 6.07) is 9.75. The Morgan fingerprint density at radius 2 is 1.56 bits per heavy atom. The number of carbonyl (C=O) groups excluding carboxylic acids is 1. The minimum absolute atomic E-state index is 0.0795. The van der Waals surface area contributed by atoms with Crippen LogP contribution in [0.15, 0.2) is 30.3 Å². The van der Waals surface area contributed by atoms with Crippen molar-refractivity contribution in [2.75, 3.05) is 35.0 Å². The monoisotopic (exact) mass is 371 g/mol. The van der Waals surface area contributed by atoms with Gasteiger partial charge in [0.15, 0.2) is 23.0 Å². The molecule has 6 heteroatoms. The van der Waals surface area contributed by atoms with Crippen molar-refractivity contribution in [1.82, 2.24) is 4.90 Å². The molecule has 144 valence electrons. The molecular formula is C21H25NO5. The quantitative estimate of drug-likeness (QED) is 0.701. The molecule has 0 bridgehead atoms. The fourth-order valence-corrected chi connectivity index (χ4v) is 3.63. The Morgan fingerprint density at radius 1 is 0.926 bits per heavy atom. The van der Waals surface area contributed by atoms with Crippen LogP contribution < -0.4 is 18.9 Å². The fourth-order valence-electron chi connectivity index (χ4n) is 3.63. The minimum atomic E-state index is -0.0795. The molecule has 0 aromatic heterocycles. The average molecular weight is 371 g/mol. The van der Waals surface area contributed by atoms with E-state index in [-0.39, 0.29) is 6.04 Å². The molecule has 1 aliphatic rings. The zero-order valence-corrected chi connectivity index (χ0v) is 16.2. The third kappa shape index (κ3) is 3.65. The van der Waals surface area contributed by atoms with Gasteiger partial charge in [-0.3, -0.25) is 4.79 Å².